The van der Waals surface area contributed by atoms with Crippen molar-refractivity contribution in [3.8, 4) is 5.75 Å². The molecule has 1 aromatic rings. The van der Waals surface area contributed by atoms with Gasteiger partial charge in [0, 0.05) is 33.7 Å². The lowest BCUT2D eigenvalue weighted by Gasteiger charge is -2.37. The number of pyridine rings is 1. The maximum atomic E-state index is 11.4. The van der Waals surface area contributed by atoms with Crippen LogP contribution in [0.15, 0.2) is 18.3 Å². The van der Waals surface area contributed by atoms with Gasteiger partial charge < -0.3 is 14.8 Å². The highest BCUT2D eigenvalue weighted by molar-refractivity contribution is 5.73. The first-order valence-corrected chi connectivity index (χ1v) is 8.60. The average molecular weight is 333 g/mol. The molecule has 0 aromatic carbocycles. The lowest BCUT2D eigenvalue weighted by molar-refractivity contribution is -0.121. The van der Waals surface area contributed by atoms with Crippen LogP contribution in [0.4, 0.5) is 0 Å². The SMILES string of the molecule is COc1ccc(CN2C[C@H]3C[C@@H](NC(C)=O)[C@H](OC)C[C@H]3C2)nc1. The molecule has 0 spiro atoms. The summed E-state index contributed by atoms with van der Waals surface area (Å²) in [5, 5.41) is 3.06. The van der Waals surface area contributed by atoms with Gasteiger partial charge in [0.2, 0.25) is 5.91 Å². The molecule has 1 aromatic heterocycles. The van der Waals surface area contributed by atoms with Crippen molar-refractivity contribution in [3.63, 3.8) is 0 Å². The van der Waals surface area contributed by atoms with E-state index in [0.29, 0.717) is 11.8 Å². The molecule has 1 saturated heterocycles. The summed E-state index contributed by atoms with van der Waals surface area (Å²) in [5.74, 6) is 2.07. The number of fused-ring (bicyclic) bond motifs is 1. The molecule has 3 rings (SSSR count). The molecule has 6 nitrogen and oxygen atoms in total. The number of methoxy groups -OCH3 is 2. The van der Waals surface area contributed by atoms with E-state index in [4.69, 9.17) is 9.47 Å². The van der Waals surface area contributed by atoms with Gasteiger partial charge in [-0.15, -0.1) is 0 Å². The number of amides is 1. The number of aromatic nitrogens is 1. The van der Waals surface area contributed by atoms with E-state index in [2.05, 4.69) is 15.2 Å². The standard InChI is InChI=1S/C18H27N3O3/c1-12(22)20-17-6-13-9-21(10-14(13)7-18(17)24-3)11-15-4-5-16(23-2)8-19-15/h4-5,8,13-14,17-18H,6-7,9-11H2,1-3H3,(H,20,22)/t13-,14+,17-,18-/m1/s1. The highest BCUT2D eigenvalue weighted by Gasteiger charge is 2.42. The molecule has 1 saturated carbocycles. The molecular formula is C18H27N3O3. The van der Waals surface area contributed by atoms with E-state index in [1.807, 2.05) is 12.1 Å². The van der Waals surface area contributed by atoms with Gasteiger partial charge in [0.05, 0.1) is 31.1 Å². The first kappa shape index (κ1) is 17.2. The third-order valence-corrected chi connectivity index (χ3v) is 5.30. The number of carbonyl (C=O) groups excluding carboxylic acids is 1. The zero-order chi connectivity index (χ0) is 17.1. The van der Waals surface area contributed by atoms with E-state index in [-0.39, 0.29) is 18.1 Å². The summed E-state index contributed by atoms with van der Waals surface area (Å²) < 4.78 is 10.8. The van der Waals surface area contributed by atoms with Gasteiger partial charge in [0.15, 0.2) is 0 Å². The van der Waals surface area contributed by atoms with Crippen molar-refractivity contribution in [2.24, 2.45) is 11.8 Å². The Balaban J connectivity index is 1.60. The molecule has 2 heterocycles. The lowest BCUT2D eigenvalue weighted by Crippen LogP contribution is -2.49. The first-order chi connectivity index (χ1) is 11.6. The molecule has 0 unspecified atom stereocenters. The summed E-state index contributed by atoms with van der Waals surface area (Å²) in [7, 11) is 3.40. The third-order valence-electron chi connectivity index (χ3n) is 5.30. The van der Waals surface area contributed by atoms with Crippen molar-refractivity contribution in [1.29, 1.82) is 0 Å². The number of ether oxygens (including phenoxy) is 2. The fourth-order valence-corrected chi connectivity index (χ4v) is 4.17. The highest BCUT2D eigenvalue weighted by atomic mass is 16.5. The minimum atomic E-state index is 0.0257. The Morgan fingerprint density at radius 1 is 1.29 bits per heavy atom. The number of nitrogens with zero attached hydrogens (tertiary/aromatic N) is 2. The van der Waals surface area contributed by atoms with E-state index in [0.717, 1.165) is 43.9 Å². The minimum absolute atomic E-state index is 0.0257. The maximum Gasteiger partial charge on any atom is 0.217 e. The van der Waals surface area contributed by atoms with Gasteiger partial charge in [-0.25, -0.2) is 0 Å². The van der Waals surface area contributed by atoms with Crippen molar-refractivity contribution in [2.45, 2.75) is 38.5 Å². The quantitative estimate of drug-likeness (QED) is 0.884. The number of hydrogen-bond acceptors (Lipinski definition) is 5. The number of carbonyl (C=O) groups is 1. The molecule has 1 amide bonds. The molecule has 24 heavy (non-hydrogen) atoms. The van der Waals surface area contributed by atoms with Gasteiger partial charge in [0.25, 0.3) is 0 Å². The second-order valence-electron chi connectivity index (χ2n) is 6.96. The summed E-state index contributed by atoms with van der Waals surface area (Å²) >= 11 is 0. The summed E-state index contributed by atoms with van der Waals surface area (Å²) in [6.07, 6.45) is 3.90. The monoisotopic (exact) mass is 333 g/mol. The summed E-state index contributed by atoms with van der Waals surface area (Å²) in [6, 6.07) is 4.12. The first-order valence-electron chi connectivity index (χ1n) is 8.60. The zero-order valence-electron chi connectivity index (χ0n) is 14.7. The van der Waals surface area contributed by atoms with Gasteiger partial charge in [-0.3, -0.25) is 14.7 Å². The smallest absolute Gasteiger partial charge is 0.217 e. The molecular weight excluding hydrogens is 306 g/mol. The molecule has 132 valence electrons. The van der Waals surface area contributed by atoms with E-state index in [1.54, 1.807) is 27.3 Å². The van der Waals surface area contributed by atoms with Crippen molar-refractivity contribution < 1.29 is 14.3 Å². The molecule has 2 fully saturated rings. The van der Waals surface area contributed by atoms with E-state index >= 15 is 0 Å². The Morgan fingerprint density at radius 3 is 2.62 bits per heavy atom. The predicted molar refractivity (Wildman–Crippen MR) is 90.7 cm³/mol. The maximum absolute atomic E-state index is 11.4. The molecule has 0 radical (unpaired) electrons. The minimum Gasteiger partial charge on any atom is -0.495 e. The number of hydrogen-bond donors (Lipinski definition) is 1. The van der Waals surface area contributed by atoms with Crippen molar-refractivity contribution in [3.05, 3.63) is 24.0 Å². The second-order valence-corrected chi connectivity index (χ2v) is 6.96. The predicted octanol–water partition coefficient (Wildman–Crippen LogP) is 1.45. The number of nitrogens with one attached hydrogen (secondary N) is 1. The Bertz CT molecular complexity index is 563. The van der Waals surface area contributed by atoms with Crippen LogP contribution < -0.4 is 10.1 Å². The van der Waals surface area contributed by atoms with E-state index < -0.39 is 0 Å². The fraction of sp³-hybridized carbons (Fsp3) is 0.667. The van der Waals surface area contributed by atoms with Crippen LogP contribution in [-0.2, 0) is 16.1 Å². The Morgan fingerprint density at radius 2 is 2.04 bits per heavy atom. The molecule has 0 bridgehead atoms. The molecule has 1 N–H and O–H groups in total. The van der Waals surface area contributed by atoms with Crippen molar-refractivity contribution >= 4 is 5.91 Å². The number of rotatable bonds is 5. The van der Waals surface area contributed by atoms with Crippen LogP contribution in [0, 0.1) is 11.8 Å². The second kappa shape index (κ2) is 7.49. The highest BCUT2D eigenvalue weighted by Crippen LogP contribution is 2.37. The van der Waals surface area contributed by atoms with Crippen LogP contribution in [-0.4, -0.2) is 55.2 Å². The molecule has 2 aliphatic rings. The van der Waals surface area contributed by atoms with Gasteiger partial charge in [-0.2, -0.15) is 0 Å². The van der Waals surface area contributed by atoms with Gasteiger partial charge in [0.1, 0.15) is 5.75 Å². The normalized spacial score (nSPS) is 30.0. The fourth-order valence-electron chi connectivity index (χ4n) is 4.17. The van der Waals surface area contributed by atoms with Crippen LogP contribution in [0.2, 0.25) is 0 Å². The van der Waals surface area contributed by atoms with Crippen LogP contribution in [0.25, 0.3) is 0 Å². The lowest BCUT2D eigenvalue weighted by atomic mass is 9.77. The molecule has 4 atom stereocenters. The van der Waals surface area contributed by atoms with Gasteiger partial charge >= 0.3 is 0 Å². The van der Waals surface area contributed by atoms with Crippen LogP contribution in [0.1, 0.15) is 25.5 Å². The molecule has 1 aliphatic carbocycles. The van der Waals surface area contributed by atoms with Gasteiger partial charge in [-0.1, -0.05) is 0 Å². The Kier molecular flexibility index (Phi) is 5.36. The van der Waals surface area contributed by atoms with Crippen LogP contribution in [0.3, 0.4) is 0 Å². The average Bonchev–Trinajstić information content (AvgIpc) is 2.95. The summed E-state index contributed by atoms with van der Waals surface area (Å²) in [4.78, 5) is 18.4. The van der Waals surface area contributed by atoms with Crippen molar-refractivity contribution in [2.75, 3.05) is 27.3 Å². The van der Waals surface area contributed by atoms with E-state index in [9.17, 15) is 4.79 Å². The summed E-state index contributed by atoms with van der Waals surface area (Å²) in [6.45, 7) is 4.57. The third kappa shape index (κ3) is 3.87. The number of likely N-dealkylation sites (tertiary alicyclic amines) is 1. The Hall–Kier alpha value is -1.66. The van der Waals surface area contributed by atoms with Crippen molar-refractivity contribution in [1.82, 2.24) is 15.2 Å². The van der Waals surface area contributed by atoms with E-state index in [1.165, 1.54) is 0 Å². The molecule has 1 aliphatic heterocycles. The molecule has 6 heteroatoms. The Labute approximate surface area is 143 Å². The zero-order valence-corrected chi connectivity index (χ0v) is 14.7. The topological polar surface area (TPSA) is 63.7 Å². The van der Waals surface area contributed by atoms with Crippen LogP contribution in [0.5, 0.6) is 5.75 Å². The van der Waals surface area contributed by atoms with Gasteiger partial charge in [-0.05, 0) is 36.8 Å². The van der Waals surface area contributed by atoms with Crippen LogP contribution >= 0.6 is 0 Å². The largest absolute Gasteiger partial charge is 0.495 e. The summed E-state index contributed by atoms with van der Waals surface area (Å²) in [5.41, 5.74) is 1.07.